The van der Waals surface area contributed by atoms with E-state index < -0.39 is 0 Å². The Morgan fingerprint density at radius 2 is 0.948 bits per heavy atom. The molecule has 3 aromatic heterocycles. The normalized spacial score (nSPS) is 11.4. The molecule has 0 atom stereocenters. The first-order valence-corrected chi connectivity index (χ1v) is 19.1. The summed E-state index contributed by atoms with van der Waals surface area (Å²) in [6.45, 7) is 7.41. The van der Waals surface area contributed by atoms with Gasteiger partial charge < -0.3 is 8.98 Å². The minimum Gasteiger partial charge on any atom is -0.456 e. The van der Waals surface area contributed by atoms with Crippen molar-refractivity contribution in [3.05, 3.63) is 199 Å². The highest BCUT2D eigenvalue weighted by Crippen LogP contribution is 2.40. The minimum atomic E-state index is 0.567. The van der Waals surface area contributed by atoms with E-state index in [1.54, 1.807) is 0 Å². The van der Waals surface area contributed by atoms with Crippen molar-refractivity contribution in [1.82, 2.24) is 19.5 Å². The van der Waals surface area contributed by atoms with E-state index in [9.17, 15) is 0 Å². The molecule has 0 aliphatic rings. The van der Waals surface area contributed by atoms with Crippen molar-refractivity contribution in [2.24, 2.45) is 0 Å². The SMILES string of the molecule is [C-]#[N+]c1ccc(-c2ccc3c(c2)c2ccccc2n3-c2ccc(-c3ccc4c(c3)oc3ccccc34)cc2-c2nc(-c3ccccc3)nc(-c3ccccc3)n2)cc1. The summed E-state index contributed by atoms with van der Waals surface area (Å²) in [5.74, 6) is 1.76. The number of rotatable bonds is 6. The highest BCUT2D eigenvalue weighted by Gasteiger charge is 2.21. The number of benzene rings is 8. The Labute approximate surface area is 333 Å². The topological polar surface area (TPSA) is 61.1 Å². The van der Waals surface area contributed by atoms with Gasteiger partial charge in [0.15, 0.2) is 23.2 Å². The van der Waals surface area contributed by atoms with Gasteiger partial charge in [-0.05, 0) is 70.8 Å². The third-order valence-electron chi connectivity index (χ3n) is 10.9. The van der Waals surface area contributed by atoms with E-state index in [0.717, 1.165) is 88.4 Å². The molecule has 8 aromatic carbocycles. The van der Waals surface area contributed by atoms with Gasteiger partial charge in [0, 0.05) is 38.2 Å². The first-order valence-electron chi connectivity index (χ1n) is 19.1. The van der Waals surface area contributed by atoms with Crippen LogP contribution in [0, 0.1) is 6.57 Å². The van der Waals surface area contributed by atoms with Crippen LogP contribution in [0.1, 0.15) is 0 Å². The first kappa shape index (κ1) is 33.2. The molecule has 270 valence electrons. The molecule has 3 heterocycles. The van der Waals surface area contributed by atoms with Gasteiger partial charge in [-0.2, -0.15) is 0 Å². The molecule has 11 aromatic rings. The molecular weight excluding hydrogens is 711 g/mol. The number of aromatic nitrogens is 4. The fourth-order valence-corrected chi connectivity index (χ4v) is 8.06. The second-order valence-electron chi connectivity index (χ2n) is 14.3. The van der Waals surface area contributed by atoms with Crippen LogP contribution in [0.2, 0.25) is 0 Å². The summed E-state index contributed by atoms with van der Waals surface area (Å²) in [7, 11) is 0. The van der Waals surface area contributed by atoms with Crippen LogP contribution in [0.15, 0.2) is 192 Å². The van der Waals surface area contributed by atoms with Gasteiger partial charge in [0.2, 0.25) is 0 Å². The number of hydrogen-bond donors (Lipinski definition) is 0. The van der Waals surface area contributed by atoms with Gasteiger partial charge in [0.1, 0.15) is 11.2 Å². The van der Waals surface area contributed by atoms with Crippen LogP contribution in [-0.2, 0) is 0 Å². The molecule has 0 N–H and O–H groups in total. The maximum absolute atomic E-state index is 7.41. The van der Waals surface area contributed by atoms with Crippen molar-refractivity contribution in [3.63, 3.8) is 0 Å². The molecule has 0 radical (unpaired) electrons. The zero-order valence-corrected chi connectivity index (χ0v) is 31.0. The van der Waals surface area contributed by atoms with Gasteiger partial charge in [0.25, 0.3) is 0 Å². The number of hydrogen-bond acceptors (Lipinski definition) is 4. The number of furan rings is 1. The molecule has 0 aliphatic carbocycles. The Balaban J connectivity index is 1.17. The minimum absolute atomic E-state index is 0.567. The van der Waals surface area contributed by atoms with E-state index >= 15 is 0 Å². The average Bonchev–Trinajstić information content (AvgIpc) is 3.84. The summed E-state index contributed by atoms with van der Waals surface area (Å²) in [6, 6.07) is 64.2. The lowest BCUT2D eigenvalue weighted by molar-refractivity contribution is 0.669. The van der Waals surface area contributed by atoms with Gasteiger partial charge in [-0.1, -0.05) is 140 Å². The van der Waals surface area contributed by atoms with Crippen LogP contribution in [-0.4, -0.2) is 19.5 Å². The lowest BCUT2D eigenvalue weighted by Gasteiger charge is -2.16. The van der Waals surface area contributed by atoms with Gasteiger partial charge in [-0.3, -0.25) is 0 Å². The second kappa shape index (κ2) is 13.6. The maximum Gasteiger partial charge on any atom is 0.187 e. The monoisotopic (exact) mass is 741 g/mol. The van der Waals surface area contributed by atoms with Crippen molar-refractivity contribution in [1.29, 1.82) is 0 Å². The van der Waals surface area contributed by atoms with E-state index in [0.29, 0.717) is 23.2 Å². The van der Waals surface area contributed by atoms with Crippen molar-refractivity contribution < 1.29 is 4.42 Å². The van der Waals surface area contributed by atoms with Gasteiger partial charge in [-0.15, -0.1) is 0 Å². The summed E-state index contributed by atoms with van der Waals surface area (Å²) in [6.07, 6.45) is 0. The zero-order valence-electron chi connectivity index (χ0n) is 31.0. The molecule has 6 heteroatoms. The van der Waals surface area contributed by atoms with Crippen molar-refractivity contribution in [2.75, 3.05) is 0 Å². The largest absolute Gasteiger partial charge is 0.456 e. The van der Waals surface area contributed by atoms with Crippen LogP contribution in [0.4, 0.5) is 5.69 Å². The number of nitrogens with zero attached hydrogens (tertiary/aromatic N) is 5. The molecule has 11 rings (SSSR count). The van der Waals surface area contributed by atoms with Crippen molar-refractivity contribution in [2.45, 2.75) is 0 Å². The van der Waals surface area contributed by atoms with E-state index in [4.69, 9.17) is 25.9 Å². The molecule has 6 nitrogen and oxygen atoms in total. The molecule has 0 bridgehead atoms. The second-order valence-corrected chi connectivity index (χ2v) is 14.3. The molecular formula is C52H31N5O. The fraction of sp³-hybridized carbons (Fsp3) is 0. The Kier molecular flexibility index (Phi) is 7.76. The number of para-hydroxylation sites is 2. The van der Waals surface area contributed by atoms with Gasteiger partial charge in [0.05, 0.1) is 23.3 Å². The predicted molar refractivity (Wildman–Crippen MR) is 235 cm³/mol. The van der Waals surface area contributed by atoms with Crippen LogP contribution in [0.3, 0.4) is 0 Å². The summed E-state index contributed by atoms with van der Waals surface area (Å²) in [5, 5.41) is 4.44. The molecule has 0 spiro atoms. The summed E-state index contributed by atoms with van der Waals surface area (Å²) in [5.41, 5.74) is 12.2. The van der Waals surface area contributed by atoms with Gasteiger partial charge >= 0.3 is 0 Å². The maximum atomic E-state index is 7.41. The smallest absolute Gasteiger partial charge is 0.187 e. The van der Waals surface area contributed by atoms with E-state index in [2.05, 4.69) is 94.3 Å². The molecule has 0 saturated heterocycles. The lowest BCUT2D eigenvalue weighted by Crippen LogP contribution is -2.04. The van der Waals surface area contributed by atoms with E-state index in [-0.39, 0.29) is 0 Å². The Hall–Kier alpha value is -8.14. The third-order valence-corrected chi connectivity index (χ3v) is 10.9. The molecule has 58 heavy (non-hydrogen) atoms. The van der Waals surface area contributed by atoms with E-state index in [1.807, 2.05) is 103 Å². The highest BCUT2D eigenvalue weighted by atomic mass is 16.3. The molecule has 0 unspecified atom stereocenters. The highest BCUT2D eigenvalue weighted by molar-refractivity contribution is 6.11. The summed E-state index contributed by atoms with van der Waals surface area (Å²) in [4.78, 5) is 19.1. The van der Waals surface area contributed by atoms with Crippen LogP contribution < -0.4 is 0 Å². The molecule has 0 amide bonds. The van der Waals surface area contributed by atoms with Crippen LogP contribution >= 0.6 is 0 Å². The van der Waals surface area contributed by atoms with Gasteiger partial charge in [-0.25, -0.2) is 19.8 Å². The Morgan fingerprint density at radius 1 is 0.397 bits per heavy atom. The molecule has 0 saturated carbocycles. The molecule has 0 fully saturated rings. The van der Waals surface area contributed by atoms with E-state index in [1.165, 1.54) is 0 Å². The fourth-order valence-electron chi connectivity index (χ4n) is 8.06. The predicted octanol–water partition coefficient (Wildman–Crippen LogP) is 13.8. The quantitative estimate of drug-likeness (QED) is 0.159. The first-order chi connectivity index (χ1) is 28.7. The van der Waals surface area contributed by atoms with Crippen molar-refractivity contribution in [3.8, 4) is 62.1 Å². The summed E-state index contributed by atoms with van der Waals surface area (Å²) < 4.78 is 8.67. The third kappa shape index (κ3) is 5.61. The standard InChI is InChI=1S/C52H31N5O/c1-53-39-25-20-33(21-26-39)36-23-28-46-43(30-36)40-16-8-10-18-45(40)57(46)47-29-24-37(38-22-27-42-41-17-9-11-19-48(41)58-49(42)32-38)31-44(47)52-55-50(34-12-4-2-5-13-34)54-51(56-52)35-14-6-3-7-15-35/h2-32H. The van der Waals surface area contributed by atoms with Crippen molar-refractivity contribution >= 4 is 49.4 Å². The Morgan fingerprint density at radius 3 is 1.69 bits per heavy atom. The number of fused-ring (bicyclic) bond motifs is 6. The lowest BCUT2D eigenvalue weighted by atomic mass is 9.99. The van der Waals surface area contributed by atoms with Crippen LogP contribution in [0.25, 0.3) is 111 Å². The average molecular weight is 742 g/mol. The summed E-state index contributed by atoms with van der Waals surface area (Å²) >= 11 is 0. The van der Waals surface area contributed by atoms with Crippen LogP contribution in [0.5, 0.6) is 0 Å². The zero-order chi connectivity index (χ0) is 38.6. The molecule has 0 aliphatic heterocycles. The Bertz CT molecular complexity index is 3340.